The smallest absolute Gasteiger partial charge is 0.270 e. The molecule has 1 amide bonds. The van der Waals surface area contributed by atoms with Gasteiger partial charge in [-0.25, -0.2) is 9.37 Å². The summed E-state index contributed by atoms with van der Waals surface area (Å²) >= 11 is 5.65. The van der Waals surface area contributed by atoms with E-state index in [9.17, 15) is 9.18 Å². The van der Waals surface area contributed by atoms with Gasteiger partial charge in [-0.15, -0.1) is 0 Å². The molecule has 1 aromatic heterocycles. The summed E-state index contributed by atoms with van der Waals surface area (Å²) in [6.07, 6.45) is 3.20. The fourth-order valence-corrected chi connectivity index (χ4v) is 3.11. The number of rotatable bonds is 2. The summed E-state index contributed by atoms with van der Waals surface area (Å²) in [7, 11) is 0. The van der Waals surface area contributed by atoms with Crippen LogP contribution in [0.2, 0.25) is 5.02 Å². The van der Waals surface area contributed by atoms with E-state index in [0.717, 1.165) is 32.3 Å². The molecule has 102 valence electrons. The molecule has 1 unspecified atom stereocenters. The molecule has 0 spiro atoms. The van der Waals surface area contributed by atoms with Crippen LogP contribution in [0.3, 0.4) is 0 Å². The molecular formula is C13H15ClFN3O. The van der Waals surface area contributed by atoms with E-state index in [1.807, 2.05) is 0 Å². The van der Waals surface area contributed by atoms with E-state index >= 15 is 0 Å². The fourth-order valence-electron chi connectivity index (χ4n) is 2.96. The number of hydrogen-bond donors (Lipinski definition) is 1. The average molecular weight is 284 g/mol. The fraction of sp³-hybridized carbons (Fsp3) is 0.538. The summed E-state index contributed by atoms with van der Waals surface area (Å²) in [6.45, 7) is 3.15. The van der Waals surface area contributed by atoms with Crippen LogP contribution in [0.4, 0.5) is 4.39 Å². The molecule has 6 heteroatoms. The normalized spacial score (nSPS) is 29.3. The van der Waals surface area contributed by atoms with Gasteiger partial charge in [0.05, 0.1) is 11.2 Å². The van der Waals surface area contributed by atoms with E-state index in [2.05, 4.69) is 15.2 Å². The third-order valence-electron chi connectivity index (χ3n) is 3.84. The van der Waals surface area contributed by atoms with Crippen LogP contribution in [0, 0.1) is 11.7 Å². The highest BCUT2D eigenvalue weighted by molar-refractivity contribution is 6.31. The monoisotopic (exact) mass is 283 g/mol. The highest BCUT2D eigenvalue weighted by Crippen LogP contribution is 2.26. The number of halogens is 2. The maximum atomic E-state index is 13.0. The first-order valence-electron chi connectivity index (χ1n) is 6.46. The molecule has 19 heavy (non-hydrogen) atoms. The lowest BCUT2D eigenvalue weighted by atomic mass is 9.97. The number of fused-ring (bicyclic) bond motifs is 2. The first-order chi connectivity index (χ1) is 9.11. The highest BCUT2D eigenvalue weighted by Gasteiger charge is 2.33. The Hall–Kier alpha value is -1.20. The van der Waals surface area contributed by atoms with Gasteiger partial charge in [-0.2, -0.15) is 0 Å². The van der Waals surface area contributed by atoms with E-state index in [4.69, 9.17) is 11.6 Å². The van der Waals surface area contributed by atoms with E-state index in [0.29, 0.717) is 5.92 Å². The van der Waals surface area contributed by atoms with Crippen LogP contribution in [0.25, 0.3) is 0 Å². The van der Waals surface area contributed by atoms with Gasteiger partial charge in [0.2, 0.25) is 0 Å². The molecule has 3 rings (SSSR count). The molecular weight excluding hydrogens is 269 g/mol. The average Bonchev–Trinajstić information content (AvgIpc) is 2.72. The Morgan fingerprint density at radius 3 is 3.11 bits per heavy atom. The number of carbonyl (C=O) groups is 1. The minimum absolute atomic E-state index is 0.0763. The Balaban J connectivity index is 1.66. The molecule has 0 aliphatic carbocycles. The lowest BCUT2D eigenvalue weighted by Crippen LogP contribution is -2.47. The van der Waals surface area contributed by atoms with Crippen molar-refractivity contribution in [2.24, 2.45) is 5.92 Å². The number of aromatic nitrogens is 1. The number of nitrogens with one attached hydrogen (secondary N) is 1. The van der Waals surface area contributed by atoms with Gasteiger partial charge < -0.3 is 10.2 Å². The predicted molar refractivity (Wildman–Crippen MR) is 69.6 cm³/mol. The van der Waals surface area contributed by atoms with Crippen LogP contribution in [-0.4, -0.2) is 41.5 Å². The Bertz CT molecular complexity index is 499. The number of carbonyl (C=O) groups excluding carboxylic acids is 1. The van der Waals surface area contributed by atoms with Crippen molar-refractivity contribution in [2.45, 2.75) is 18.9 Å². The number of hydrogen-bond acceptors (Lipinski definition) is 3. The zero-order valence-corrected chi connectivity index (χ0v) is 11.2. The first kappa shape index (κ1) is 12.8. The molecule has 0 aromatic carbocycles. The summed E-state index contributed by atoms with van der Waals surface area (Å²) in [6, 6.07) is 1.42. The predicted octanol–water partition coefficient (Wildman–Crippen LogP) is 1.70. The largest absolute Gasteiger partial charge is 0.347 e. The van der Waals surface area contributed by atoms with Crippen molar-refractivity contribution in [1.82, 2.24) is 15.2 Å². The van der Waals surface area contributed by atoms with Gasteiger partial charge in [0.1, 0.15) is 5.69 Å². The second-order valence-electron chi connectivity index (χ2n) is 5.30. The van der Waals surface area contributed by atoms with Crippen molar-refractivity contribution < 1.29 is 9.18 Å². The molecule has 3 heterocycles. The van der Waals surface area contributed by atoms with Crippen molar-refractivity contribution in [1.29, 1.82) is 0 Å². The van der Waals surface area contributed by atoms with Crippen molar-refractivity contribution in [2.75, 3.05) is 19.6 Å². The van der Waals surface area contributed by atoms with Crippen LogP contribution >= 0.6 is 11.6 Å². The second-order valence-corrected chi connectivity index (χ2v) is 5.71. The molecule has 2 aliphatic heterocycles. The summed E-state index contributed by atoms with van der Waals surface area (Å²) in [5, 5.41) is 2.88. The number of pyridine rings is 1. The second kappa shape index (κ2) is 5.06. The van der Waals surface area contributed by atoms with Crippen LogP contribution in [0.15, 0.2) is 12.3 Å². The van der Waals surface area contributed by atoms with Crippen molar-refractivity contribution in [3.8, 4) is 0 Å². The lowest BCUT2D eigenvalue weighted by molar-refractivity contribution is 0.0904. The molecule has 0 radical (unpaired) electrons. The van der Waals surface area contributed by atoms with Gasteiger partial charge in [0.15, 0.2) is 5.82 Å². The maximum absolute atomic E-state index is 13.0. The van der Waals surface area contributed by atoms with Gasteiger partial charge >= 0.3 is 0 Å². The van der Waals surface area contributed by atoms with Crippen LogP contribution in [0.1, 0.15) is 23.3 Å². The zero-order valence-electron chi connectivity index (χ0n) is 10.4. The summed E-state index contributed by atoms with van der Waals surface area (Å²) in [4.78, 5) is 18.2. The van der Waals surface area contributed by atoms with Gasteiger partial charge in [0.25, 0.3) is 5.91 Å². The van der Waals surface area contributed by atoms with Gasteiger partial charge in [-0.3, -0.25) is 4.79 Å². The first-order valence-corrected chi connectivity index (χ1v) is 6.84. The third-order valence-corrected chi connectivity index (χ3v) is 4.13. The Labute approximate surface area is 115 Å². The van der Waals surface area contributed by atoms with Gasteiger partial charge in [-0.05, 0) is 31.4 Å². The molecule has 2 saturated heterocycles. The van der Waals surface area contributed by atoms with Gasteiger partial charge in [-0.1, -0.05) is 11.6 Å². The van der Waals surface area contributed by atoms with Crippen molar-refractivity contribution >= 4 is 17.5 Å². The van der Waals surface area contributed by atoms with E-state index in [1.165, 1.54) is 12.5 Å². The quantitative estimate of drug-likeness (QED) is 0.898. The maximum Gasteiger partial charge on any atom is 0.270 e. The molecule has 1 aromatic rings. The van der Waals surface area contributed by atoms with Crippen molar-refractivity contribution in [3.63, 3.8) is 0 Å². The minimum atomic E-state index is -0.611. The van der Waals surface area contributed by atoms with E-state index in [-0.39, 0.29) is 22.7 Å². The number of amides is 1. The van der Waals surface area contributed by atoms with Crippen LogP contribution < -0.4 is 5.32 Å². The Morgan fingerprint density at radius 1 is 1.53 bits per heavy atom. The number of piperidine rings is 1. The standard InChI is InChI=1S/C13H15ClFN3O/c14-10-4-12(16-5-11(10)15)13(19)17-9-3-8-1-2-18(6-8)7-9/h4-5,8-9H,1-3,6-7H2,(H,17,19)/t8-,9-/m1/s1. The lowest BCUT2D eigenvalue weighted by Gasteiger charge is -2.30. The molecule has 3 atom stereocenters. The van der Waals surface area contributed by atoms with Crippen LogP contribution in [0.5, 0.6) is 0 Å². The zero-order chi connectivity index (χ0) is 13.4. The topological polar surface area (TPSA) is 45.2 Å². The SMILES string of the molecule is O=C(N[C@@H]1C[C@H]2CCN(C2)C1)c1cc(Cl)c(F)cn1. The van der Waals surface area contributed by atoms with Crippen molar-refractivity contribution in [3.05, 3.63) is 28.8 Å². The summed E-state index contributed by atoms with van der Waals surface area (Å²) < 4.78 is 13.0. The van der Waals surface area contributed by atoms with Gasteiger partial charge in [0, 0.05) is 19.1 Å². The molecule has 2 aliphatic rings. The Kier molecular flexibility index (Phi) is 3.41. The molecule has 2 fully saturated rings. The Morgan fingerprint density at radius 2 is 2.37 bits per heavy atom. The highest BCUT2D eigenvalue weighted by atomic mass is 35.5. The minimum Gasteiger partial charge on any atom is -0.347 e. The van der Waals surface area contributed by atoms with Crippen LogP contribution in [-0.2, 0) is 0 Å². The van der Waals surface area contributed by atoms with E-state index < -0.39 is 5.82 Å². The molecule has 4 nitrogen and oxygen atoms in total. The number of nitrogens with zero attached hydrogens (tertiary/aromatic N) is 2. The molecule has 0 saturated carbocycles. The summed E-state index contributed by atoms with van der Waals surface area (Å²) in [5.41, 5.74) is 0.166. The third kappa shape index (κ3) is 2.72. The summed E-state index contributed by atoms with van der Waals surface area (Å²) in [5.74, 6) is -0.210. The molecule has 1 N–H and O–H groups in total. The molecule has 2 bridgehead atoms. The van der Waals surface area contributed by atoms with E-state index in [1.54, 1.807) is 0 Å².